The predicted octanol–water partition coefficient (Wildman–Crippen LogP) is 2.21. The quantitative estimate of drug-likeness (QED) is 0.548. The van der Waals surface area contributed by atoms with E-state index in [4.69, 9.17) is 10.1 Å². The third-order valence-electron chi connectivity index (χ3n) is 2.10. The van der Waals surface area contributed by atoms with Crippen molar-refractivity contribution >= 4 is 16.8 Å². The third-order valence-corrected chi connectivity index (χ3v) is 2.10. The molecule has 2 rings (SSSR count). The lowest BCUT2D eigenvalue weighted by atomic mass is 10.1. The molecule has 1 heterocycles. The number of ether oxygens (including phenoxy) is 1. The molecule has 1 N–H and O–H groups in total. The zero-order chi connectivity index (χ0) is 9.97. The highest BCUT2D eigenvalue weighted by Gasteiger charge is 2.05. The average Bonchev–Trinajstić information content (AvgIpc) is 2.27. The number of pyridine rings is 1. The molecule has 0 saturated heterocycles. The number of rotatable bonds is 1. The molecule has 3 heteroatoms. The molecule has 70 valence electrons. The van der Waals surface area contributed by atoms with Crippen LogP contribution in [0.25, 0.3) is 10.9 Å². The molecule has 0 bridgehead atoms. The fourth-order valence-electron chi connectivity index (χ4n) is 1.40. The van der Waals surface area contributed by atoms with Gasteiger partial charge in [-0.25, -0.2) is 0 Å². The van der Waals surface area contributed by atoms with Crippen LogP contribution in [-0.4, -0.2) is 18.0 Å². The molecular formula is C11H10N2O. The maximum absolute atomic E-state index is 7.61. The number of fused-ring (bicyclic) bond motifs is 1. The lowest BCUT2D eigenvalue weighted by molar-refractivity contribution is 0.401. The summed E-state index contributed by atoms with van der Waals surface area (Å²) in [6.07, 6.45) is 1.69. The molecule has 14 heavy (non-hydrogen) atoms. The van der Waals surface area contributed by atoms with Gasteiger partial charge in [-0.2, -0.15) is 0 Å². The van der Waals surface area contributed by atoms with Gasteiger partial charge < -0.3 is 4.74 Å². The summed E-state index contributed by atoms with van der Waals surface area (Å²) in [6, 6.07) is 9.49. The number of aromatic nitrogens is 1. The van der Waals surface area contributed by atoms with Crippen LogP contribution in [-0.2, 0) is 4.74 Å². The highest BCUT2D eigenvalue weighted by Crippen LogP contribution is 2.16. The molecule has 0 saturated carbocycles. The Hall–Kier alpha value is -1.90. The van der Waals surface area contributed by atoms with Crippen molar-refractivity contribution in [3.05, 3.63) is 42.1 Å². The molecular weight excluding hydrogens is 176 g/mol. The van der Waals surface area contributed by atoms with Crippen molar-refractivity contribution in [3.63, 3.8) is 0 Å². The highest BCUT2D eigenvalue weighted by molar-refractivity contribution is 6.04. The van der Waals surface area contributed by atoms with Gasteiger partial charge in [0.25, 0.3) is 0 Å². The average molecular weight is 186 g/mol. The van der Waals surface area contributed by atoms with Crippen molar-refractivity contribution < 1.29 is 4.74 Å². The van der Waals surface area contributed by atoms with Crippen LogP contribution < -0.4 is 0 Å². The van der Waals surface area contributed by atoms with E-state index >= 15 is 0 Å². The van der Waals surface area contributed by atoms with Crippen molar-refractivity contribution in [2.45, 2.75) is 0 Å². The fraction of sp³-hybridized carbons (Fsp3) is 0.0909. The summed E-state index contributed by atoms with van der Waals surface area (Å²) in [6.45, 7) is 0. The summed E-state index contributed by atoms with van der Waals surface area (Å²) in [5, 5.41) is 8.56. The first-order chi connectivity index (χ1) is 6.83. The summed E-state index contributed by atoms with van der Waals surface area (Å²) in [5.74, 6) is 0.170. The Balaban J connectivity index is 2.71. The van der Waals surface area contributed by atoms with E-state index in [0.29, 0.717) is 0 Å². The van der Waals surface area contributed by atoms with Gasteiger partial charge in [0.2, 0.25) is 5.90 Å². The molecule has 0 spiro atoms. The predicted molar refractivity (Wildman–Crippen MR) is 55.6 cm³/mol. The number of para-hydroxylation sites is 1. The first-order valence-electron chi connectivity index (χ1n) is 4.29. The van der Waals surface area contributed by atoms with Crippen LogP contribution in [0.4, 0.5) is 0 Å². The van der Waals surface area contributed by atoms with Gasteiger partial charge in [0.15, 0.2) is 0 Å². The monoisotopic (exact) mass is 186 g/mol. The summed E-state index contributed by atoms with van der Waals surface area (Å²) in [5.41, 5.74) is 1.66. The zero-order valence-electron chi connectivity index (χ0n) is 7.82. The molecule has 0 fully saturated rings. The van der Waals surface area contributed by atoms with Crippen LogP contribution >= 0.6 is 0 Å². The van der Waals surface area contributed by atoms with Gasteiger partial charge in [0, 0.05) is 17.1 Å². The minimum atomic E-state index is 0.170. The van der Waals surface area contributed by atoms with Crippen molar-refractivity contribution in [2.24, 2.45) is 0 Å². The van der Waals surface area contributed by atoms with Gasteiger partial charge in [-0.05, 0) is 12.1 Å². The van der Waals surface area contributed by atoms with Crippen molar-refractivity contribution in [3.8, 4) is 0 Å². The molecule has 2 aromatic rings. The van der Waals surface area contributed by atoms with Crippen LogP contribution in [0.1, 0.15) is 5.56 Å². The van der Waals surface area contributed by atoms with Crippen molar-refractivity contribution in [2.75, 3.05) is 7.11 Å². The molecule has 0 radical (unpaired) electrons. The van der Waals surface area contributed by atoms with Gasteiger partial charge in [-0.3, -0.25) is 10.4 Å². The van der Waals surface area contributed by atoms with Crippen LogP contribution in [0.3, 0.4) is 0 Å². The lowest BCUT2D eigenvalue weighted by Gasteiger charge is -2.05. The van der Waals surface area contributed by atoms with Crippen LogP contribution in [0.2, 0.25) is 0 Å². The lowest BCUT2D eigenvalue weighted by Crippen LogP contribution is -2.02. The fourth-order valence-corrected chi connectivity index (χ4v) is 1.40. The Kier molecular flexibility index (Phi) is 2.14. The largest absolute Gasteiger partial charge is 0.481 e. The van der Waals surface area contributed by atoms with E-state index in [1.807, 2.05) is 24.3 Å². The number of nitrogens with one attached hydrogen (secondary N) is 1. The second-order valence-corrected chi connectivity index (χ2v) is 2.91. The van der Waals surface area contributed by atoms with Gasteiger partial charge in [-0.1, -0.05) is 18.2 Å². The van der Waals surface area contributed by atoms with E-state index in [1.54, 1.807) is 12.3 Å². The van der Waals surface area contributed by atoms with E-state index in [2.05, 4.69) is 4.98 Å². The Morgan fingerprint density at radius 3 is 2.86 bits per heavy atom. The Bertz CT molecular complexity index is 474. The third kappa shape index (κ3) is 1.33. The van der Waals surface area contributed by atoms with E-state index in [1.165, 1.54) is 7.11 Å². The maximum Gasteiger partial charge on any atom is 0.213 e. The second-order valence-electron chi connectivity index (χ2n) is 2.91. The van der Waals surface area contributed by atoms with Crippen LogP contribution in [0, 0.1) is 5.41 Å². The number of nitrogens with zero attached hydrogens (tertiary/aromatic N) is 1. The van der Waals surface area contributed by atoms with E-state index in [-0.39, 0.29) is 5.90 Å². The minimum Gasteiger partial charge on any atom is -0.481 e. The highest BCUT2D eigenvalue weighted by atomic mass is 16.5. The molecule has 0 amide bonds. The molecule has 1 aromatic carbocycles. The Morgan fingerprint density at radius 2 is 2.07 bits per heavy atom. The second kappa shape index (κ2) is 3.46. The van der Waals surface area contributed by atoms with Gasteiger partial charge in [0.05, 0.1) is 12.6 Å². The first kappa shape index (κ1) is 8.69. The molecule has 1 aromatic heterocycles. The SMILES string of the molecule is COC(=N)c1ccnc2ccccc12. The molecule has 0 aliphatic carbocycles. The van der Waals surface area contributed by atoms with E-state index in [0.717, 1.165) is 16.5 Å². The van der Waals surface area contributed by atoms with E-state index < -0.39 is 0 Å². The molecule has 0 aliphatic heterocycles. The van der Waals surface area contributed by atoms with Gasteiger partial charge in [0.1, 0.15) is 0 Å². The maximum atomic E-state index is 7.61. The zero-order valence-corrected chi connectivity index (χ0v) is 7.82. The first-order valence-corrected chi connectivity index (χ1v) is 4.29. The molecule has 0 atom stereocenters. The smallest absolute Gasteiger partial charge is 0.213 e. The number of methoxy groups -OCH3 is 1. The normalized spacial score (nSPS) is 10.1. The standard InChI is InChI=1S/C11H10N2O/c1-14-11(12)9-6-7-13-10-5-3-2-4-8(9)10/h2-7,12H,1H3. The molecule has 3 nitrogen and oxygen atoms in total. The Labute approximate surface area is 81.9 Å². The summed E-state index contributed by atoms with van der Waals surface area (Å²) >= 11 is 0. The molecule has 0 aliphatic rings. The van der Waals surface area contributed by atoms with Crippen molar-refractivity contribution in [1.82, 2.24) is 4.98 Å². The van der Waals surface area contributed by atoms with Crippen LogP contribution in [0.5, 0.6) is 0 Å². The number of hydrogen-bond acceptors (Lipinski definition) is 3. The minimum absolute atomic E-state index is 0.170. The van der Waals surface area contributed by atoms with Gasteiger partial charge in [-0.15, -0.1) is 0 Å². The van der Waals surface area contributed by atoms with Crippen LogP contribution in [0.15, 0.2) is 36.5 Å². The van der Waals surface area contributed by atoms with Gasteiger partial charge >= 0.3 is 0 Å². The van der Waals surface area contributed by atoms with Crippen molar-refractivity contribution in [1.29, 1.82) is 5.41 Å². The Morgan fingerprint density at radius 1 is 1.29 bits per heavy atom. The number of benzene rings is 1. The number of hydrogen-bond donors (Lipinski definition) is 1. The summed E-state index contributed by atoms with van der Waals surface area (Å²) < 4.78 is 4.90. The summed E-state index contributed by atoms with van der Waals surface area (Å²) in [4.78, 5) is 4.21. The topological polar surface area (TPSA) is 46.0 Å². The molecule has 0 unspecified atom stereocenters. The summed E-state index contributed by atoms with van der Waals surface area (Å²) in [7, 11) is 1.50. The van der Waals surface area contributed by atoms with E-state index in [9.17, 15) is 0 Å².